The Morgan fingerprint density at radius 1 is 1.40 bits per heavy atom. The van der Waals surface area contributed by atoms with Gasteiger partial charge < -0.3 is 4.74 Å². The Kier molecular flexibility index (Phi) is 5.09. The van der Waals surface area contributed by atoms with E-state index >= 15 is 0 Å². The van der Waals surface area contributed by atoms with Crippen LogP contribution in [-0.4, -0.2) is 16.4 Å². The van der Waals surface area contributed by atoms with Crippen LogP contribution in [0.1, 0.15) is 38.8 Å². The Morgan fingerprint density at radius 2 is 2.13 bits per heavy atom. The quantitative estimate of drug-likeness (QED) is 0.761. The predicted molar refractivity (Wildman–Crippen MR) is 66.8 cm³/mol. The topological polar surface area (TPSA) is 22.1 Å². The van der Waals surface area contributed by atoms with E-state index in [0.29, 0.717) is 17.4 Å². The molecule has 84 valence electrons. The van der Waals surface area contributed by atoms with Crippen LogP contribution in [0.4, 0.5) is 0 Å². The molecule has 0 amide bonds. The van der Waals surface area contributed by atoms with Crippen LogP contribution in [0.3, 0.4) is 0 Å². The summed E-state index contributed by atoms with van der Waals surface area (Å²) in [6.07, 6.45) is 1.08. The van der Waals surface area contributed by atoms with Crippen LogP contribution in [0.25, 0.3) is 0 Å². The van der Waals surface area contributed by atoms with Crippen molar-refractivity contribution in [1.82, 2.24) is 4.98 Å². The number of halogens is 1. The van der Waals surface area contributed by atoms with Gasteiger partial charge in [0.25, 0.3) is 0 Å². The van der Waals surface area contributed by atoms with Gasteiger partial charge in [-0.15, -0.1) is 0 Å². The van der Waals surface area contributed by atoms with Crippen molar-refractivity contribution < 1.29 is 4.74 Å². The van der Waals surface area contributed by atoms with E-state index in [1.54, 1.807) is 0 Å². The van der Waals surface area contributed by atoms with Gasteiger partial charge >= 0.3 is 0 Å². The number of hydrogen-bond acceptors (Lipinski definition) is 2. The van der Waals surface area contributed by atoms with E-state index in [-0.39, 0.29) is 0 Å². The molecule has 0 aliphatic carbocycles. The Bertz CT molecular complexity index is 301. The maximum atomic E-state index is 5.39. The minimum atomic E-state index is 0.437. The second kappa shape index (κ2) is 6.11. The highest BCUT2D eigenvalue weighted by Gasteiger charge is 2.16. The summed E-state index contributed by atoms with van der Waals surface area (Å²) >= 11 is 3.62. The normalized spacial score (nSPS) is 14.7. The summed E-state index contributed by atoms with van der Waals surface area (Å²) in [7, 11) is 0. The Labute approximate surface area is 100 Å². The van der Waals surface area contributed by atoms with E-state index in [1.165, 1.54) is 0 Å². The summed E-state index contributed by atoms with van der Waals surface area (Å²) in [6, 6.07) is 5.97. The molecule has 0 N–H and O–H groups in total. The molecule has 1 aromatic rings. The van der Waals surface area contributed by atoms with Gasteiger partial charge in [0.2, 0.25) is 5.88 Å². The van der Waals surface area contributed by atoms with Crippen molar-refractivity contribution in [2.45, 2.75) is 37.9 Å². The summed E-state index contributed by atoms with van der Waals surface area (Å²) < 4.78 is 5.39. The highest BCUT2D eigenvalue weighted by atomic mass is 79.9. The van der Waals surface area contributed by atoms with Crippen LogP contribution in [0.5, 0.6) is 5.88 Å². The molecule has 3 heteroatoms. The fourth-order valence-corrected chi connectivity index (χ4v) is 2.28. The van der Waals surface area contributed by atoms with Crippen molar-refractivity contribution in [2.24, 2.45) is 0 Å². The Balaban J connectivity index is 2.87. The molecule has 1 rings (SSSR count). The minimum Gasteiger partial charge on any atom is -0.478 e. The van der Waals surface area contributed by atoms with E-state index in [4.69, 9.17) is 4.74 Å². The van der Waals surface area contributed by atoms with Gasteiger partial charge in [0.15, 0.2) is 0 Å². The van der Waals surface area contributed by atoms with Crippen molar-refractivity contribution >= 4 is 15.9 Å². The lowest BCUT2D eigenvalue weighted by atomic mass is 9.99. The lowest BCUT2D eigenvalue weighted by molar-refractivity contribution is 0.325. The summed E-state index contributed by atoms with van der Waals surface area (Å²) in [4.78, 5) is 4.94. The third kappa shape index (κ3) is 3.49. The van der Waals surface area contributed by atoms with Gasteiger partial charge in [-0.1, -0.05) is 35.8 Å². The van der Waals surface area contributed by atoms with Gasteiger partial charge in [0.05, 0.1) is 6.61 Å². The highest BCUT2D eigenvalue weighted by molar-refractivity contribution is 9.09. The summed E-state index contributed by atoms with van der Waals surface area (Å²) in [6.45, 7) is 6.97. The van der Waals surface area contributed by atoms with E-state index in [1.807, 2.05) is 19.1 Å². The number of nitrogens with zero attached hydrogens (tertiary/aromatic N) is 1. The minimum absolute atomic E-state index is 0.437. The molecule has 2 unspecified atom stereocenters. The standard InChI is InChI=1S/C12H18BrNO/c1-4-10(9(3)13)11-7-6-8-12(14-11)15-5-2/h6-10H,4-5H2,1-3H3. The zero-order valence-electron chi connectivity index (χ0n) is 9.53. The molecule has 0 aliphatic rings. The lowest BCUT2D eigenvalue weighted by Gasteiger charge is -2.17. The number of alkyl halides is 1. The number of aromatic nitrogens is 1. The van der Waals surface area contributed by atoms with Crippen LogP contribution < -0.4 is 4.74 Å². The first-order valence-corrected chi connectivity index (χ1v) is 6.34. The van der Waals surface area contributed by atoms with Gasteiger partial charge in [-0.05, 0) is 19.4 Å². The van der Waals surface area contributed by atoms with Crippen molar-refractivity contribution in [1.29, 1.82) is 0 Å². The number of hydrogen-bond donors (Lipinski definition) is 0. The predicted octanol–water partition coefficient (Wildman–Crippen LogP) is 3.76. The molecule has 0 saturated carbocycles. The van der Waals surface area contributed by atoms with E-state index < -0.39 is 0 Å². The van der Waals surface area contributed by atoms with E-state index in [2.05, 4.69) is 40.8 Å². The lowest BCUT2D eigenvalue weighted by Crippen LogP contribution is -2.10. The van der Waals surface area contributed by atoms with Crippen molar-refractivity contribution in [2.75, 3.05) is 6.61 Å². The fourth-order valence-electron chi connectivity index (χ4n) is 1.63. The van der Waals surface area contributed by atoms with Crippen LogP contribution in [0.15, 0.2) is 18.2 Å². The summed E-state index contributed by atoms with van der Waals surface area (Å²) in [5, 5.41) is 0. The molecular weight excluding hydrogens is 254 g/mol. The largest absolute Gasteiger partial charge is 0.478 e. The second-order valence-electron chi connectivity index (χ2n) is 3.53. The SMILES string of the molecule is CCOc1cccc(C(CC)C(C)Br)n1. The van der Waals surface area contributed by atoms with Gasteiger partial charge in [0, 0.05) is 22.5 Å². The average molecular weight is 272 g/mol. The Morgan fingerprint density at radius 3 is 2.67 bits per heavy atom. The first kappa shape index (κ1) is 12.5. The molecule has 0 aromatic carbocycles. The van der Waals surface area contributed by atoms with Crippen LogP contribution >= 0.6 is 15.9 Å². The monoisotopic (exact) mass is 271 g/mol. The first-order chi connectivity index (χ1) is 7.19. The second-order valence-corrected chi connectivity index (χ2v) is 4.97. The Hall–Kier alpha value is -0.570. The maximum Gasteiger partial charge on any atom is 0.213 e. The summed E-state index contributed by atoms with van der Waals surface area (Å²) in [5.41, 5.74) is 1.10. The molecule has 1 aromatic heterocycles. The molecule has 2 atom stereocenters. The highest BCUT2D eigenvalue weighted by Crippen LogP contribution is 2.27. The molecule has 0 radical (unpaired) electrons. The fraction of sp³-hybridized carbons (Fsp3) is 0.583. The smallest absolute Gasteiger partial charge is 0.213 e. The third-order valence-corrected chi connectivity index (χ3v) is 3.05. The molecule has 0 saturated heterocycles. The van der Waals surface area contributed by atoms with Crippen LogP contribution in [-0.2, 0) is 0 Å². The van der Waals surface area contributed by atoms with Gasteiger partial charge in [-0.3, -0.25) is 0 Å². The zero-order valence-corrected chi connectivity index (χ0v) is 11.1. The van der Waals surface area contributed by atoms with E-state index in [0.717, 1.165) is 18.0 Å². The average Bonchev–Trinajstić information content (AvgIpc) is 2.19. The zero-order chi connectivity index (χ0) is 11.3. The third-order valence-electron chi connectivity index (χ3n) is 2.41. The molecular formula is C12H18BrNO. The number of pyridine rings is 1. The molecule has 0 aliphatic heterocycles. The van der Waals surface area contributed by atoms with Crippen molar-refractivity contribution in [3.63, 3.8) is 0 Å². The van der Waals surface area contributed by atoms with Crippen molar-refractivity contribution in [3.05, 3.63) is 23.9 Å². The molecule has 0 spiro atoms. The molecule has 0 bridgehead atoms. The van der Waals surface area contributed by atoms with Crippen LogP contribution in [0, 0.1) is 0 Å². The first-order valence-electron chi connectivity index (χ1n) is 5.42. The summed E-state index contributed by atoms with van der Waals surface area (Å²) in [5.74, 6) is 1.17. The van der Waals surface area contributed by atoms with Gasteiger partial charge in [-0.25, -0.2) is 4.98 Å². The number of rotatable bonds is 5. The molecule has 1 heterocycles. The van der Waals surface area contributed by atoms with Crippen LogP contribution in [0.2, 0.25) is 0 Å². The van der Waals surface area contributed by atoms with Crippen molar-refractivity contribution in [3.8, 4) is 5.88 Å². The van der Waals surface area contributed by atoms with Gasteiger partial charge in [-0.2, -0.15) is 0 Å². The van der Waals surface area contributed by atoms with Gasteiger partial charge in [0.1, 0.15) is 0 Å². The molecule has 2 nitrogen and oxygen atoms in total. The number of ether oxygens (including phenoxy) is 1. The molecule has 15 heavy (non-hydrogen) atoms. The molecule has 0 fully saturated rings. The maximum absolute atomic E-state index is 5.39. The van der Waals surface area contributed by atoms with E-state index in [9.17, 15) is 0 Å².